The number of nitrogens with one attached hydrogen (secondary N) is 2. The number of halogens is 1. The first-order chi connectivity index (χ1) is 13.2. The highest BCUT2D eigenvalue weighted by Crippen LogP contribution is 2.30. The lowest BCUT2D eigenvalue weighted by Crippen LogP contribution is -2.31. The SMILES string of the molecule is CCOc1cc(NC(=NC)NCCCc2ccc(OC)cc2)ccc1OC.I. The number of ether oxygens (including phenoxy) is 3. The molecule has 7 heteroatoms. The van der Waals surface area contributed by atoms with Crippen molar-refractivity contribution in [2.45, 2.75) is 19.8 Å². The van der Waals surface area contributed by atoms with Crippen LogP contribution in [0.2, 0.25) is 0 Å². The summed E-state index contributed by atoms with van der Waals surface area (Å²) in [6.45, 7) is 3.35. The third-order valence-corrected chi connectivity index (χ3v) is 4.04. The molecular weight excluding hydrogens is 469 g/mol. The molecule has 0 amide bonds. The Kier molecular flexibility index (Phi) is 11.2. The molecule has 0 aliphatic carbocycles. The fourth-order valence-corrected chi connectivity index (χ4v) is 2.63. The maximum Gasteiger partial charge on any atom is 0.195 e. The number of hydrogen-bond donors (Lipinski definition) is 2. The Hall–Kier alpha value is -2.16. The number of hydrogen-bond acceptors (Lipinski definition) is 4. The molecule has 2 N–H and O–H groups in total. The van der Waals surface area contributed by atoms with Crippen molar-refractivity contribution in [3.8, 4) is 17.2 Å². The zero-order valence-electron chi connectivity index (χ0n) is 17.0. The average Bonchev–Trinajstić information content (AvgIpc) is 2.71. The van der Waals surface area contributed by atoms with E-state index in [1.54, 1.807) is 21.3 Å². The van der Waals surface area contributed by atoms with E-state index >= 15 is 0 Å². The average molecular weight is 499 g/mol. The largest absolute Gasteiger partial charge is 0.497 e. The van der Waals surface area contributed by atoms with Gasteiger partial charge in [-0.2, -0.15) is 0 Å². The monoisotopic (exact) mass is 499 g/mol. The van der Waals surface area contributed by atoms with Crippen LogP contribution in [-0.2, 0) is 6.42 Å². The van der Waals surface area contributed by atoms with Crippen molar-refractivity contribution < 1.29 is 14.2 Å². The van der Waals surface area contributed by atoms with E-state index in [1.807, 2.05) is 37.3 Å². The van der Waals surface area contributed by atoms with Gasteiger partial charge in [0.25, 0.3) is 0 Å². The predicted molar refractivity (Wildman–Crippen MR) is 126 cm³/mol. The quantitative estimate of drug-likeness (QED) is 0.233. The fraction of sp³-hybridized carbons (Fsp3) is 0.381. The highest BCUT2D eigenvalue weighted by molar-refractivity contribution is 14.0. The van der Waals surface area contributed by atoms with Crippen LogP contribution in [0, 0.1) is 0 Å². The summed E-state index contributed by atoms with van der Waals surface area (Å²) in [6, 6.07) is 13.9. The van der Waals surface area contributed by atoms with Crippen LogP contribution >= 0.6 is 24.0 Å². The molecule has 0 saturated carbocycles. The summed E-state index contributed by atoms with van der Waals surface area (Å²) in [5.74, 6) is 3.02. The van der Waals surface area contributed by atoms with Crippen molar-refractivity contribution in [2.24, 2.45) is 4.99 Å². The Balaban J connectivity index is 0.00000392. The maximum absolute atomic E-state index is 5.61. The minimum absolute atomic E-state index is 0. The highest BCUT2D eigenvalue weighted by Gasteiger charge is 2.07. The Labute approximate surface area is 184 Å². The molecule has 0 aliphatic rings. The van der Waals surface area contributed by atoms with Crippen molar-refractivity contribution in [1.29, 1.82) is 0 Å². The van der Waals surface area contributed by atoms with E-state index < -0.39 is 0 Å². The Morgan fingerprint density at radius 1 is 1.00 bits per heavy atom. The number of aryl methyl sites for hydroxylation is 1. The molecular formula is C21H30IN3O3. The standard InChI is InChI=1S/C21H29N3O3.HI/c1-5-27-20-15-17(10-13-19(20)26-4)24-21(22-2)23-14-6-7-16-8-11-18(25-3)12-9-16;/h8-13,15H,5-7,14H2,1-4H3,(H2,22,23,24);1H. The van der Waals surface area contributed by atoms with Crippen LogP contribution in [0.5, 0.6) is 17.2 Å². The summed E-state index contributed by atoms with van der Waals surface area (Å²) in [4.78, 5) is 4.27. The van der Waals surface area contributed by atoms with Crippen molar-refractivity contribution in [3.63, 3.8) is 0 Å². The summed E-state index contributed by atoms with van der Waals surface area (Å²) in [7, 11) is 5.07. The summed E-state index contributed by atoms with van der Waals surface area (Å²) in [5.41, 5.74) is 2.18. The number of guanidine groups is 1. The smallest absolute Gasteiger partial charge is 0.195 e. The summed E-state index contributed by atoms with van der Waals surface area (Å²) >= 11 is 0. The Morgan fingerprint density at radius 3 is 2.36 bits per heavy atom. The molecule has 0 atom stereocenters. The van der Waals surface area contributed by atoms with Gasteiger partial charge in [-0.1, -0.05) is 12.1 Å². The van der Waals surface area contributed by atoms with E-state index in [9.17, 15) is 0 Å². The van der Waals surface area contributed by atoms with E-state index in [-0.39, 0.29) is 24.0 Å². The van der Waals surface area contributed by atoms with Crippen molar-refractivity contribution in [3.05, 3.63) is 48.0 Å². The molecule has 2 aromatic carbocycles. The van der Waals surface area contributed by atoms with Gasteiger partial charge in [0.1, 0.15) is 5.75 Å². The lowest BCUT2D eigenvalue weighted by atomic mass is 10.1. The van der Waals surface area contributed by atoms with Gasteiger partial charge in [-0.3, -0.25) is 4.99 Å². The highest BCUT2D eigenvalue weighted by atomic mass is 127. The molecule has 0 heterocycles. The number of aliphatic imine (C=N–C) groups is 1. The third kappa shape index (κ3) is 7.46. The van der Waals surface area contributed by atoms with Crippen molar-refractivity contribution >= 4 is 35.6 Å². The number of methoxy groups -OCH3 is 2. The number of benzene rings is 2. The molecule has 0 bridgehead atoms. The first-order valence-electron chi connectivity index (χ1n) is 9.11. The van der Waals surface area contributed by atoms with Gasteiger partial charge in [0, 0.05) is 25.3 Å². The molecule has 0 saturated heterocycles. The van der Waals surface area contributed by atoms with Gasteiger partial charge in [0.2, 0.25) is 0 Å². The van der Waals surface area contributed by atoms with Gasteiger partial charge >= 0.3 is 0 Å². The number of anilines is 1. The van der Waals surface area contributed by atoms with Crippen LogP contribution in [0.15, 0.2) is 47.5 Å². The lowest BCUT2D eigenvalue weighted by Gasteiger charge is -2.14. The second-order valence-corrected chi connectivity index (χ2v) is 5.87. The molecule has 2 rings (SSSR count). The molecule has 0 unspecified atom stereocenters. The third-order valence-electron chi connectivity index (χ3n) is 4.04. The van der Waals surface area contributed by atoms with E-state index in [0.29, 0.717) is 18.1 Å². The molecule has 0 radical (unpaired) electrons. The minimum atomic E-state index is 0. The predicted octanol–water partition coefficient (Wildman–Crippen LogP) is 4.34. The van der Waals surface area contributed by atoms with E-state index in [0.717, 1.165) is 36.8 Å². The molecule has 0 aromatic heterocycles. The summed E-state index contributed by atoms with van der Waals surface area (Å²) in [6.07, 6.45) is 1.99. The van der Waals surface area contributed by atoms with Crippen LogP contribution in [0.25, 0.3) is 0 Å². The summed E-state index contributed by atoms with van der Waals surface area (Å²) in [5, 5.41) is 6.61. The lowest BCUT2D eigenvalue weighted by molar-refractivity contribution is 0.311. The fourth-order valence-electron chi connectivity index (χ4n) is 2.63. The molecule has 6 nitrogen and oxygen atoms in total. The van der Waals surface area contributed by atoms with Crippen molar-refractivity contribution in [1.82, 2.24) is 5.32 Å². The molecule has 0 fully saturated rings. The minimum Gasteiger partial charge on any atom is -0.497 e. The molecule has 0 aliphatic heterocycles. The Bertz CT molecular complexity index is 736. The second kappa shape index (κ2) is 13.1. The first-order valence-corrected chi connectivity index (χ1v) is 9.11. The van der Waals surface area contributed by atoms with Crippen LogP contribution in [0.1, 0.15) is 18.9 Å². The molecule has 154 valence electrons. The van der Waals surface area contributed by atoms with Gasteiger partial charge in [-0.15, -0.1) is 24.0 Å². The van der Waals surface area contributed by atoms with Gasteiger partial charge < -0.3 is 24.8 Å². The van der Waals surface area contributed by atoms with Crippen LogP contribution in [0.4, 0.5) is 5.69 Å². The van der Waals surface area contributed by atoms with Gasteiger partial charge in [-0.05, 0) is 49.6 Å². The van der Waals surface area contributed by atoms with Gasteiger partial charge in [-0.25, -0.2) is 0 Å². The summed E-state index contributed by atoms with van der Waals surface area (Å²) < 4.78 is 16.1. The van der Waals surface area contributed by atoms with Crippen molar-refractivity contribution in [2.75, 3.05) is 39.7 Å². The van der Waals surface area contributed by atoms with E-state index in [4.69, 9.17) is 14.2 Å². The molecule has 0 spiro atoms. The van der Waals surface area contributed by atoms with E-state index in [2.05, 4.69) is 27.8 Å². The van der Waals surface area contributed by atoms with Crippen LogP contribution in [0.3, 0.4) is 0 Å². The molecule has 28 heavy (non-hydrogen) atoms. The zero-order chi connectivity index (χ0) is 19.5. The normalized spacial score (nSPS) is 10.6. The Morgan fingerprint density at radius 2 is 1.75 bits per heavy atom. The number of nitrogens with zero attached hydrogens (tertiary/aromatic N) is 1. The zero-order valence-corrected chi connectivity index (χ0v) is 19.3. The molecule has 2 aromatic rings. The first kappa shape index (κ1) is 23.9. The van der Waals surface area contributed by atoms with Gasteiger partial charge in [0.05, 0.1) is 20.8 Å². The second-order valence-electron chi connectivity index (χ2n) is 5.87. The van der Waals surface area contributed by atoms with E-state index in [1.165, 1.54) is 5.56 Å². The van der Waals surface area contributed by atoms with Crippen LogP contribution in [-0.4, -0.2) is 40.4 Å². The maximum atomic E-state index is 5.61. The number of rotatable bonds is 9. The van der Waals surface area contributed by atoms with Gasteiger partial charge in [0.15, 0.2) is 17.5 Å². The van der Waals surface area contributed by atoms with Crippen LogP contribution < -0.4 is 24.8 Å². The topological polar surface area (TPSA) is 64.1 Å².